The van der Waals surface area contributed by atoms with Crippen LogP contribution in [0.3, 0.4) is 0 Å². The van der Waals surface area contributed by atoms with Crippen molar-refractivity contribution in [3.05, 3.63) is 36.4 Å². The van der Waals surface area contributed by atoms with E-state index in [-0.39, 0.29) is 0 Å². The van der Waals surface area contributed by atoms with Crippen molar-refractivity contribution in [1.82, 2.24) is 9.38 Å². The largest absolute Gasteiger partial charge is 0.320 e. The van der Waals surface area contributed by atoms with Crippen molar-refractivity contribution in [2.24, 2.45) is 0 Å². The highest BCUT2D eigenvalue weighted by Gasteiger charge is 1.93. The number of nitrogens with zero attached hydrogens (tertiary/aromatic N) is 2. The molecule has 0 radical (unpaired) electrons. The molecule has 2 rings (SSSR count). The Bertz CT molecular complexity index is 392. The van der Waals surface area contributed by atoms with E-state index in [4.69, 9.17) is 0 Å². The fourth-order valence-electron chi connectivity index (χ4n) is 1.01. The van der Waals surface area contributed by atoms with E-state index in [1.807, 2.05) is 22.7 Å². The van der Waals surface area contributed by atoms with E-state index in [2.05, 4.69) is 4.98 Å². The molecule has 0 aliphatic carbocycles. The van der Waals surface area contributed by atoms with Crippen molar-refractivity contribution in [1.29, 1.82) is 0 Å². The summed E-state index contributed by atoms with van der Waals surface area (Å²) in [5, 5.41) is 0. The lowest BCUT2D eigenvalue weighted by atomic mass is 10.5. The summed E-state index contributed by atoms with van der Waals surface area (Å²) < 4.78 is 1.86. The smallest absolute Gasteiger partial charge is 0.169 e. The maximum absolute atomic E-state index is 10.3. The lowest BCUT2D eigenvalue weighted by Crippen LogP contribution is -1.90. The maximum Gasteiger partial charge on any atom is 0.169 e. The molecule has 2 aromatic rings. The van der Waals surface area contributed by atoms with Crippen LogP contribution in [-0.2, 0) is 0 Å². The molecule has 2 aromatic heterocycles. The van der Waals surface area contributed by atoms with Gasteiger partial charge >= 0.3 is 0 Å². The molecule has 11 heavy (non-hydrogen) atoms. The predicted molar refractivity (Wildman–Crippen MR) is 40.6 cm³/mol. The average molecular weight is 146 g/mol. The number of hydrogen-bond donors (Lipinski definition) is 0. The summed E-state index contributed by atoms with van der Waals surface area (Å²) in [7, 11) is 0. The quantitative estimate of drug-likeness (QED) is 0.565. The van der Waals surface area contributed by atoms with Gasteiger partial charge in [-0.15, -0.1) is 0 Å². The van der Waals surface area contributed by atoms with Crippen LogP contribution >= 0.6 is 0 Å². The highest BCUT2D eigenvalue weighted by molar-refractivity contribution is 5.71. The standard InChI is InChI=1S/C8H6N2O/c11-6-7-5-10-3-1-2-8(10)4-9-7/h1-6H. The van der Waals surface area contributed by atoms with E-state index in [1.165, 1.54) is 0 Å². The first-order valence-electron chi connectivity index (χ1n) is 3.28. The number of aromatic nitrogens is 2. The summed E-state index contributed by atoms with van der Waals surface area (Å²) in [5.41, 5.74) is 1.45. The van der Waals surface area contributed by atoms with Gasteiger partial charge in [-0.05, 0) is 12.1 Å². The van der Waals surface area contributed by atoms with Crippen molar-refractivity contribution in [3.63, 3.8) is 0 Å². The molecule has 0 bridgehead atoms. The third-order valence-electron chi connectivity index (χ3n) is 1.55. The lowest BCUT2D eigenvalue weighted by Gasteiger charge is -1.93. The number of rotatable bonds is 1. The van der Waals surface area contributed by atoms with Crippen LogP contribution in [-0.4, -0.2) is 15.7 Å². The van der Waals surface area contributed by atoms with Gasteiger partial charge in [0.2, 0.25) is 0 Å². The van der Waals surface area contributed by atoms with E-state index >= 15 is 0 Å². The van der Waals surface area contributed by atoms with Crippen LogP contribution in [0.1, 0.15) is 10.5 Å². The normalized spacial score (nSPS) is 10.2. The predicted octanol–water partition coefficient (Wildman–Crippen LogP) is 1.15. The van der Waals surface area contributed by atoms with E-state index < -0.39 is 0 Å². The molecule has 0 aliphatic heterocycles. The fraction of sp³-hybridized carbons (Fsp3) is 0. The molecule has 2 heterocycles. The SMILES string of the molecule is O=Cc1cn2cccc2cn1. The molecule has 0 saturated carbocycles. The molecule has 0 saturated heterocycles. The number of fused-ring (bicyclic) bond motifs is 1. The Hall–Kier alpha value is -1.64. The minimum atomic E-state index is 0.453. The van der Waals surface area contributed by atoms with E-state index in [9.17, 15) is 4.79 Å². The monoisotopic (exact) mass is 146 g/mol. The molecule has 0 atom stereocenters. The summed E-state index contributed by atoms with van der Waals surface area (Å²) in [6.07, 6.45) is 5.98. The Morgan fingerprint density at radius 2 is 2.45 bits per heavy atom. The van der Waals surface area contributed by atoms with E-state index in [0.29, 0.717) is 5.69 Å². The summed E-state index contributed by atoms with van der Waals surface area (Å²) in [4.78, 5) is 14.2. The minimum absolute atomic E-state index is 0.453. The Balaban J connectivity index is 2.76. The average Bonchev–Trinajstić information content (AvgIpc) is 2.50. The second-order valence-corrected chi connectivity index (χ2v) is 2.27. The highest BCUT2D eigenvalue weighted by atomic mass is 16.1. The number of carbonyl (C=O) groups is 1. The lowest BCUT2D eigenvalue weighted by molar-refractivity contribution is 0.111. The second kappa shape index (κ2) is 2.20. The number of aldehydes is 1. The van der Waals surface area contributed by atoms with Crippen LogP contribution in [0.25, 0.3) is 5.52 Å². The molecule has 3 heteroatoms. The molecule has 0 amide bonds. The molecular weight excluding hydrogens is 140 g/mol. The van der Waals surface area contributed by atoms with Gasteiger partial charge in [-0.25, -0.2) is 4.98 Å². The Labute approximate surface area is 63.3 Å². The Morgan fingerprint density at radius 1 is 1.55 bits per heavy atom. The maximum atomic E-state index is 10.3. The van der Waals surface area contributed by atoms with Gasteiger partial charge in [0.15, 0.2) is 6.29 Å². The van der Waals surface area contributed by atoms with Gasteiger partial charge in [-0.1, -0.05) is 0 Å². The summed E-state index contributed by atoms with van der Waals surface area (Å²) in [6, 6.07) is 3.84. The van der Waals surface area contributed by atoms with Crippen molar-refractivity contribution in [2.75, 3.05) is 0 Å². The summed E-state index contributed by atoms with van der Waals surface area (Å²) in [6.45, 7) is 0. The number of hydrogen-bond acceptors (Lipinski definition) is 2. The van der Waals surface area contributed by atoms with Crippen LogP contribution in [0.2, 0.25) is 0 Å². The van der Waals surface area contributed by atoms with Crippen LogP contribution in [0.4, 0.5) is 0 Å². The van der Waals surface area contributed by atoms with Gasteiger partial charge in [0, 0.05) is 12.4 Å². The van der Waals surface area contributed by atoms with E-state index in [0.717, 1.165) is 11.8 Å². The first kappa shape index (κ1) is 6.09. The van der Waals surface area contributed by atoms with Gasteiger partial charge < -0.3 is 4.40 Å². The molecule has 54 valence electrons. The zero-order chi connectivity index (χ0) is 7.68. The first-order chi connectivity index (χ1) is 5.40. The van der Waals surface area contributed by atoms with Gasteiger partial charge in [-0.2, -0.15) is 0 Å². The fourth-order valence-corrected chi connectivity index (χ4v) is 1.01. The molecule has 0 aromatic carbocycles. The molecule has 3 nitrogen and oxygen atoms in total. The molecule has 0 spiro atoms. The third kappa shape index (κ3) is 0.902. The second-order valence-electron chi connectivity index (χ2n) is 2.27. The molecular formula is C8H6N2O. The summed E-state index contributed by atoms with van der Waals surface area (Å²) in [5.74, 6) is 0. The number of carbonyl (C=O) groups excluding carboxylic acids is 1. The van der Waals surface area contributed by atoms with Crippen molar-refractivity contribution in [2.45, 2.75) is 0 Å². The van der Waals surface area contributed by atoms with Crippen molar-refractivity contribution in [3.8, 4) is 0 Å². The topological polar surface area (TPSA) is 34.4 Å². The van der Waals surface area contributed by atoms with Crippen LogP contribution in [0, 0.1) is 0 Å². The Morgan fingerprint density at radius 3 is 3.27 bits per heavy atom. The van der Waals surface area contributed by atoms with Crippen molar-refractivity contribution < 1.29 is 4.79 Å². The van der Waals surface area contributed by atoms with Crippen LogP contribution in [0.5, 0.6) is 0 Å². The van der Waals surface area contributed by atoms with Crippen LogP contribution in [0.15, 0.2) is 30.7 Å². The molecule has 0 fully saturated rings. The van der Waals surface area contributed by atoms with Crippen LogP contribution < -0.4 is 0 Å². The summed E-state index contributed by atoms with van der Waals surface area (Å²) >= 11 is 0. The molecule has 0 aliphatic rings. The minimum Gasteiger partial charge on any atom is -0.320 e. The third-order valence-corrected chi connectivity index (χ3v) is 1.55. The first-order valence-corrected chi connectivity index (χ1v) is 3.28. The van der Waals surface area contributed by atoms with Crippen molar-refractivity contribution >= 4 is 11.8 Å². The van der Waals surface area contributed by atoms with Gasteiger partial charge in [0.1, 0.15) is 5.69 Å². The highest BCUT2D eigenvalue weighted by Crippen LogP contribution is 2.02. The van der Waals surface area contributed by atoms with Gasteiger partial charge in [0.25, 0.3) is 0 Å². The molecule has 0 N–H and O–H groups in total. The zero-order valence-corrected chi connectivity index (χ0v) is 5.77. The zero-order valence-electron chi connectivity index (χ0n) is 5.77. The van der Waals surface area contributed by atoms with Gasteiger partial charge in [0.05, 0.1) is 11.7 Å². The van der Waals surface area contributed by atoms with Gasteiger partial charge in [-0.3, -0.25) is 4.79 Å². The van der Waals surface area contributed by atoms with E-state index in [1.54, 1.807) is 12.4 Å². The molecule has 0 unspecified atom stereocenters. The Kier molecular flexibility index (Phi) is 1.22.